The van der Waals surface area contributed by atoms with Crippen molar-refractivity contribution in [1.82, 2.24) is 10.6 Å². The Labute approximate surface area is 129 Å². The molecular formula is C19H28N2. The summed E-state index contributed by atoms with van der Waals surface area (Å²) in [6.45, 7) is 11.5. The summed E-state index contributed by atoms with van der Waals surface area (Å²) in [5.74, 6) is 0. The zero-order chi connectivity index (χ0) is 15.1. The summed E-state index contributed by atoms with van der Waals surface area (Å²) in [6, 6.07) is 9.11. The lowest BCUT2D eigenvalue weighted by Gasteiger charge is -2.28. The van der Waals surface area contributed by atoms with E-state index in [2.05, 4.69) is 55.0 Å². The molecule has 1 heterocycles. The van der Waals surface area contributed by atoms with E-state index < -0.39 is 0 Å². The quantitative estimate of drug-likeness (QED) is 0.732. The summed E-state index contributed by atoms with van der Waals surface area (Å²) < 4.78 is 0. The molecule has 0 aliphatic carbocycles. The highest BCUT2D eigenvalue weighted by Crippen LogP contribution is 2.17. The van der Waals surface area contributed by atoms with E-state index in [4.69, 9.17) is 0 Å². The average Bonchev–Trinajstić information content (AvgIpc) is 2.50. The van der Waals surface area contributed by atoms with Crippen LogP contribution in [0.2, 0.25) is 0 Å². The van der Waals surface area contributed by atoms with Crippen molar-refractivity contribution in [2.75, 3.05) is 6.54 Å². The van der Waals surface area contributed by atoms with Crippen molar-refractivity contribution in [3.05, 3.63) is 54.2 Å². The molecule has 1 atom stereocenters. The van der Waals surface area contributed by atoms with Crippen LogP contribution in [0.3, 0.4) is 0 Å². The van der Waals surface area contributed by atoms with Gasteiger partial charge in [0.15, 0.2) is 0 Å². The molecule has 0 radical (unpaired) electrons. The topological polar surface area (TPSA) is 24.1 Å². The first kappa shape index (κ1) is 15.7. The minimum absolute atomic E-state index is 0.301. The van der Waals surface area contributed by atoms with Crippen LogP contribution in [-0.4, -0.2) is 12.6 Å². The summed E-state index contributed by atoms with van der Waals surface area (Å²) in [5.41, 5.74) is 4.67. The van der Waals surface area contributed by atoms with Gasteiger partial charge in [-0.25, -0.2) is 0 Å². The molecule has 1 unspecified atom stereocenters. The third-order valence-electron chi connectivity index (χ3n) is 4.16. The van der Waals surface area contributed by atoms with Crippen molar-refractivity contribution in [1.29, 1.82) is 0 Å². The molecule has 114 valence electrons. The molecule has 1 fully saturated rings. The fourth-order valence-electron chi connectivity index (χ4n) is 2.76. The van der Waals surface area contributed by atoms with Crippen LogP contribution < -0.4 is 10.6 Å². The van der Waals surface area contributed by atoms with Gasteiger partial charge in [0.05, 0.1) is 6.04 Å². The summed E-state index contributed by atoms with van der Waals surface area (Å²) in [4.78, 5) is 0. The summed E-state index contributed by atoms with van der Waals surface area (Å²) in [7, 11) is 0. The van der Waals surface area contributed by atoms with Gasteiger partial charge in [-0.05, 0) is 36.8 Å². The first-order valence-electron chi connectivity index (χ1n) is 8.18. The molecule has 1 aromatic carbocycles. The number of rotatable bonds is 7. The Kier molecular flexibility index (Phi) is 5.91. The second kappa shape index (κ2) is 7.92. The van der Waals surface area contributed by atoms with Crippen molar-refractivity contribution < 1.29 is 0 Å². The van der Waals surface area contributed by atoms with Crippen LogP contribution in [0, 0.1) is 0 Å². The maximum Gasteiger partial charge on any atom is 0.0654 e. The third-order valence-corrected chi connectivity index (χ3v) is 4.16. The Morgan fingerprint density at radius 1 is 1.29 bits per heavy atom. The molecule has 0 bridgehead atoms. The number of hydrogen-bond acceptors (Lipinski definition) is 2. The fourth-order valence-corrected chi connectivity index (χ4v) is 2.76. The number of benzene rings is 1. The lowest BCUT2D eigenvalue weighted by molar-refractivity contribution is 0.492. The summed E-state index contributed by atoms with van der Waals surface area (Å²) in [6.07, 6.45) is 7.35. The van der Waals surface area contributed by atoms with E-state index >= 15 is 0 Å². The van der Waals surface area contributed by atoms with Crippen molar-refractivity contribution >= 4 is 5.70 Å². The van der Waals surface area contributed by atoms with Crippen LogP contribution in [0.1, 0.15) is 50.2 Å². The van der Waals surface area contributed by atoms with Crippen molar-refractivity contribution in [3.8, 4) is 0 Å². The molecule has 2 heteroatoms. The van der Waals surface area contributed by atoms with Crippen molar-refractivity contribution in [2.45, 2.75) is 51.5 Å². The van der Waals surface area contributed by atoms with E-state index in [-0.39, 0.29) is 0 Å². The maximum absolute atomic E-state index is 4.18. The smallest absolute Gasteiger partial charge is 0.0654 e. The van der Waals surface area contributed by atoms with Gasteiger partial charge in [0.1, 0.15) is 0 Å². The molecular weight excluding hydrogens is 256 g/mol. The molecule has 2 N–H and O–H groups in total. The standard InChI is InChI=1S/C19H28N2/c1-4-5-6-8-17-10-12-18(13-11-17)15(2)21-19-9-7-14-20-16(19)3/h10-13,19-21H,2-9,14H2,1H3. The Morgan fingerprint density at radius 3 is 2.71 bits per heavy atom. The highest BCUT2D eigenvalue weighted by molar-refractivity contribution is 5.62. The van der Waals surface area contributed by atoms with E-state index in [9.17, 15) is 0 Å². The highest BCUT2D eigenvalue weighted by Gasteiger charge is 2.17. The maximum atomic E-state index is 4.18. The van der Waals surface area contributed by atoms with E-state index in [1.807, 2.05) is 0 Å². The highest BCUT2D eigenvalue weighted by atomic mass is 15.0. The van der Waals surface area contributed by atoms with Gasteiger partial charge in [-0.2, -0.15) is 0 Å². The van der Waals surface area contributed by atoms with Gasteiger partial charge in [-0.1, -0.05) is 57.2 Å². The monoisotopic (exact) mass is 284 g/mol. The second-order valence-corrected chi connectivity index (χ2v) is 5.92. The molecule has 21 heavy (non-hydrogen) atoms. The molecule has 1 aliphatic rings. The number of nitrogens with one attached hydrogen (secondary N) is 2. The zero-order valence-corrected chi connectivity index (χ0v) is 13.3. The SMILES string of the molecule is C=C(NC1CCCNC1=C)c1ccc(CCCCC)cc1. The Bertz CT molecular complexity index is 473. The largest absolute Gasteiger partial charge is 0.387 e. The Hall–Kier alpha value is -1.70. The molecule has 0 aromatic heterocycles. The molecule has 1 aromatic rings. The van der Waals surface area contributed by atoms with E-state index in [1.54, 1.807) is 0 Å². The van der Waals surface area contributed by atoms with E-state index in [0.29, 0.717) is 6.04 Å². The van der Waals surface area contributed by atoms with Gasteiger partial charge in [0, 0.05) is 17.9 Å². The first-order chi connectivity index (χ1) is 10.2. The van der Waals surface area contributed by atoms with Gasteiger partial charge in [-0.15, -0.1) is 0 Å². The van der Waals surface area contributed by atoms with Crippen LogP contribution in [-0.2, 0) is 6.42 Å². The van der Waals surface area contributed by atoms with Crippen LogP contribution in [0.5, 0.6) is 0 Å². The van der Waals surface area contributed by atoms with Gasteiger partial charge >= 0.3 is 0 Å². The van der Waals surface area contributed by atoms with Gasteiger partial charge in [0.25, 0.3) is 0 Å². The number of aryl methyl sites for hydroxylation is 1. The molecule has 2 rings (SSSR count). The van der Waals surface area contributed by atoms with Crippen LogP contribution >= 0.6 is 0 Å². The summed E-state index contributed by atoms with van der Waals surface area (Å²) in [5, 5.41) is 6.83. The predicted molar refractivity (Wildman–Crippen MR) is 92.0 cm³/mol. The van der Waals surface area contributed by atoms with Gasteiger partial charge in [0.2, 0.25) is 0 Å². The molecule has 0 amide bonds. The zero-order valence-electron chi connectivity index (χ0n) is 13.3. The number of hydrogen-bond donors (Lipinski definition) is 2. The first-order valence-corrected chi connectivity index (χ1v) is 8.18. The second-order valence-electron chi connectivity index (χ2n) is 5.92. The van der Waals surface area contributed by atoms with Crippen LogP contribution in [0.15, 0.2) is 43.1 Å². The third kappa shape index (κ3) is 4.66. The van der Waals surface area contributed by atoms with Crippen LogP contribution in [0.25, 0.3) is 5.70 Å². The molecule has 2 nitrogen and oxygen atoms in total. The summed E-state index contributed by atoms with van der Waals surface area (Å²) >= 11 is 0. The Morgan fingerprint density at radius 2 is 2.05 bits per heavy atom. The average molecular weight is 284 g/mol. The fraction of sp³-hybridized carbons (Fsp3) is 0.474. The normalized spacial score (nSPS) is 18.1. The number of unbranched alkanes of at least 4 members (excludes halogenated alkanes) is 2. The minimum atomic E-state index is 0.301. The minimum Gasteiger partial charge on any atom is -0.387 e. The van der Waals surface area contributed by atoms with Crippen molar-refractivity contribution in [3.63, 3.8) is 0 Å². The van der Waals surface area contributed by atoms with Crippen LogP contribution in [0.4, 0.5) is 0 Å². The van der Waals surface area contributed by atoms with Gasteiger partial charge < -0.3 is 10.6 Å². The van der Waals surface area contributed by atoms with E-state index in [1.165, 1.54) is 43.2 Å². The molecule has 0 spiro atoms. The Balaban J connectivity index is 1.88. The molecule has 1 saturated heterocycles. The molecule has 0 saturated carbocycles. The van der Waals surface area contributed by atoms with Gasteiger partial charge in [-0.3, -0.25) is 0 Å². The van der Waals surface area contributed by atoms with E-state index in [0.717, 1.165) is 24.4 Å². The lowest BCUT2D eigenvalue weighted by atomic mass is 10.0. The lowest BCUT2D eigenvalue weighted by Crippen LogP contribution is -2.39. The predicted octanol–water partition coefficient (Wildman–Crippen LogP) is 4.25. The molecule has 1 aliphatic heterocycles. The number of piperidine rings is 1. The van der Waals surface area contributed by atoms with Crippen molar-refractivity contribution in [2.24, 2.45) is 0 Å².